The Kier molecular flexibility index (Phi) is 9.30. The van der Waals surface area contributed by atoms with Gasteiger partial charge in [0.1, 0.15) is 24.1 Å². The van der Waals surface area contributed by atoms with Gasteiger partial charge in [0.15, 0.2) is 17.2 Å². The van der Waals surface area contributed by atoms with E-state index in [1.54, 1.807) is 0 Å². The van der Waals surface area contributed by atoms with E-state index in [1.165, 1.54) is 51.8 Å². The predicted molar refractivity (Wildman–Crippen MR) is 116 cm³/mol. The van der Waals surface area contributed by atoms with Gasteiger partial charge in [-0.15, -0.1) is 0 Å². The minimum atomic E-state index is -0.627. The van der Waals surface area contributed by atoms with Gasteiger partial charge in [0.2, 0.25) is 5.56 Å². The molecule has 168 valence electrons. The maximum Gasteiger partial charge on any atom is 0.357 e. The molecule has 32 heavy (non-hydrogen) atoms. The number of aromatic nitrogens is 5. The average molecular weight is 442 g/mol. The van der Waals surface area contributed by atoms with Crippen LogP contribution in [0.3, 0.4) is 0 Å². The number of aromatic amines is 1. The number of H-pyrrole nitrogens is 1. The van der Waals surface area contributed by atoms with Gasteiger partial charge in [0.05, 0.1) is 25.2 Å². The van der Waals surface area contributed by atoms with E-state index in [9.17, 15) is 19.2 Å². The second-order valence-electron chi connectivity index (χ2n) is 5.76. The third kappa shape index (κ3) is 6.26. The molecular weight excluding hydrogens is 420 g/mol. The molecule has 0 saturated heterocycles. The zero-order chi connectivity index (χ0) is 23.0. The normalized spacial score (nSPS) is 9.97. The van der Waals surface area contributed by atoms with E-state index >= 15 is 0 Å². The number of hydrogen-bond acceptors (Lipinski definition) is 11. The van der Waals surface area contributed by atoms with Gasteiger partial charge in [0.25, 0.3) is 0 Å². The lowest BCUT2D eigenvalue weighted by Gasteiger charge is -2.04. The highest BCUT2D eigenvalue weighted by atomic mass is 16.5. The molecule has 0 aliphatic carbocycles. The first-order valence-corrected chi connectivity index (χ1v) is 8.58. The summed E-state index contributed by atoms with van der Waals surface area (Å²) in [5.41, 5.74) is 6.07. The number of ether oxygens (including phenoxy) is 2. The van der Waals surface area contributed by atoms with E-state index in [2.05, 4.69) is 34.4 Å². The summed E-state index contributed by atoms with van der Waals surface area (Å²) in [6.07, 6.45) is 5.03. The molecule has 0 aromatic carbocycles. The van der Waals surface area contributed by atoms with E-state index in [0.29, 0.717) is 11.0 Å². The molecule has 12 heteroatoms. The monoisotopic (exact) mass is 442 g/mol. The van der Waals surface area contributed by atoms with Crippen molar-refractivity contribution < 1.29 is 23.9 Å². The molecule has 0 fully saturated rings. The van der Waals surface area contributed by atoms with Gasteiger partial charge in [-0.25, -0.2) is 29.5 Å². The zero-order valence-corrected chi connectivity index (χ0v) is 16.8. The number of nitrogen functional groups attached to an aromatic ring is 1. The Morgan fingerprint density at radius 1 is 0.969 bits per heavy atom. The molecule has 3 aromatic heterocycles. The molecule has 0 unspecified atom stereocenters. The summed E-state index contributed by atoms with van der Waals surface area (Å²) in [6, 6.07) is 2.79. The number of methoxy groups -OCH3 is 2. The fourth-order valence-electron chi connectivity index (χ4n) is 2.26. The third-order valence-electron chi connectivity index (χ3n) is 3.68. The molecular formula is C20H22N6O6. The summed E-state index contributed by atoms with van der Waals surface area (Å²) in [7, 11) is 2.50. The first-order valence-electron chi connectivity index (χ1n) is 8.58. The summed E-state index contributed by atoms with van der Waals surface area (Å²) in [6.45, 7) is 1.38. The van der Waals surface area contributed by atoms with Gasteiger partial charge in [-0.2, -0.15) is 0 Å². The van der Waals surface area contributed by atoms with Crippen LogP contribution in [0.2, 0.25) is 0 Å². The van der Waals surface area contributed by atoms with Crippen molar-refractivity contribution in [2.75, 3.05) is 20.0 Å². The van der Waals surface area contributed by atoms with Crippen LogP contribution in [0.4, 0.5) is 5.82 Å². The Bertz CT molecular complexity index is 1220. The van der Waals surface area contributed by atoms with E-state index in [4.69, 9.17) is 5.73 Å². The van der Waals surface area contributed by atoms with Gasteiger partial charge in [-0.05, 0) is 25.1 Å². The van der Waals surface area contributed by atoms with Crippen molar-refractivity contribution in [2.24, 2.45) is 0 Å². The summed E-state index contributed by atoms with van der Waals surface area (Å²) in [4.78, 5) is 62.1. The lowest BCUT2D eigenvalue weighted by atomic mass is 10.2. The topological polar surface area (TPSA) is 180 Å². The number of fused-ring (bicyclic) bond motifs is 1. The van der Waals surface area contributed by atoms with Crippen LogP contribution in [0.15, 0.2) is 35.7 Å². The number of nitrogens with one attached hydrogen (secondary N) is 1. The number of hydrogen-bond donors (Lipinski definition) is 2. The minimum Gasteiger partial charge on any atom is -0.464 e. The molecule has 3 rings (SSSR count). The number of esters is 2. The molecule has 0 aliphatic rings. The van der Waals surface area contributed by atoms with Crippen molar-refractivity contribution in [3.8, 4) is 0 Å². The Labute approximate surface area is 182 Å². The number of nitrogens with zero attached hydrogens (tertiary/aromatic N) is 4. The van der Waals surface area contributed by atoms with Crippen LogP contribution in [0.5, 0.6) is 0 Å². The van der Waals surface area contributed by atoms with Gasteiger partial charge in [-0.1, -0.05) is 7.43 Å². The van der Waals surface area contributed by atoms with E-state index in [1.807, 2.05) is 0 Å². The molecule has 0 spiro atoms. The van der Waals surface area contributed by atoms with Crippen LogP contribution in [0.1, 0.15) is 40.9 Å². The summed E-state index contributed by atoms with van der Waals surface area (Å²) < 4.78 is 9.09. The van der Waals surface area contributed by atoms with E-state index in [-0.39, 0.29) is 41.5 Å². The molecule has 0 bridgehead atoms. The number of allylic oxidation sites excluding steroid dienone is 1. The number of anilines is 1. The van der Waals surface area contributed by atoms with Crippen LogP contribution in [0.25, 0.3) is 17.1 Å². The highest BCUT2D eigenvalue weighted by molar-refractivity contribution is 6.00. The van der Waals surface area contributed by atoms with E-state index < -0.39 is 11.9 Å². The van der Waals surface area contributed by atoms with Crippen LogP contribution in [-0.4, -0.2) is 56.9 Å². The maximum absolute atomic E-state index is 11.3. The molecule has 3 N–H and O–H groups in total. The van der Waals surface area contributed by atoms with Crippen LogP contribution in [0, 0.1) is 0 Å². The Morgan fingerprint density at radius 3 is 2.19 bits per heavy atom. The molecule has 12 nitrogen and oxygen atoms in total. The second kappa shape index (κ2) is 11.6. The van der Waals surface area contributed by atoms with Crippen LogP contribution >= 0.6 is 0 Å². The molecule has 3 aromatic rings. The number of carbonyl (C=O) groups excluding carboxylic acids is 3. The highest BCUT2D eigenvalue weighted by Gasteiger charge is 2.15. The first-order chi connectivity index (χ1) is 14.8. The fourth-order valence-corrected chi connectivity index (χ4v) is 2.26. The van der Waals surface area contributed by atoms with Crippen LogP contribution in [-0.2, 0) is 14.3 Å². The molecule has 0 saturated carbocycles. The molecule has 0 radical (unpaired) electrons. The Morgan fingerprint density at radius 2 is 1.56 bits per heavy atom. The lowest BCUT2D eigenvalue weighted by molar-refractivity contribution is -0.112. The number of carbonyl (C=O) groups is 3. The Hall–Kier alpha value is -4.48. The minimum absolute atomic E-state index is 0. The number of nitrogens with two attached hydrogens (primary N) is 1. The first kappa shape index (κ1) is 25.6. The Balaban J connectivity index is 0.000000311. The molecule has 3 heterocycles. The van der Waals surface area contributed by atoms with Gasteiger partial charge in [0, 0.05) is 6.07 Å². The third-order valence-corrected chi connectivity index (χ3v) is 3.68. The lowest BCUT2D eigenvalue weighted by Crippen LogP contribution is -2.10. The largest absolute Gasteiger partial charge is 0.464 e. The summed E-state index contributed by atoms with van der Waals surface area (Å²) in [5.74, 6) is -1.24. The van der Waals surface area contributed by atoms with E-state index in [0.717, 1.165) is 6.33 Å². The van der Waals surface area contributed by atoms with Crippen molar-refractivity contribution in [3.63, 3.8) is 0 Å². The molecule has 0 aliphatic heterocycles. The molecule has 0 amide bonds. The molecule has 0 atom stereocenters. The SMILES string of the molecule is C.COC(=O)c1ncnc(N)c1/C=C/C(C)=O.COC(=O)c1ncnc2[nH]c(=O)ccc12. The highest BCUT2D eigenvalue weighted by Crippen LogP contribution is 2.15. The van der Waals surface area contributed by atoms with Crippen molar-refractivity contribution >= 4 is 40.6 Å². The standard InChI is InChI=1S/C10H11N3O3.C9H7N3O3.CH4/c1-6(14)3-4-7-8(10(15)16-2)12-5-13-9(7)11;1-15-9(14)7-5-2-3-6(13)12-8(5)11-4-10-7;/h3-5H,1-2H3,(H2,11,12,13);2-4H,1H3,(H,10,11,12,13);1H4/b4-3+;;. The average Bonchev–Trinajstić information content (AvgIpc) is 2.76. The van der Waals surface area contributed by atoms with Gasteiger partial charge >= 0.3 is 11.9 Å². The smallest absolute Gasteiger partial charge is 0.357 e. The van der Waals surface area contributed by atoms with Crippen molar-refractivity contribution in [2.45, 2.75) is 14.4 Å². The van der Waals surface area contributed by atoms with Crippen molar-refractivity contribution in [1.82, 2.24) is 24.9 Å². The van der Waals surface area contributed by atoms with Crippen molar-refractivity contribution in [1.29, 1.82) is 0 Å². The van der Waals surface area contributed by atoms with Crippen molar-refractivity contribution in [3.05, 3.63) is 58.2 Å². The van der Waals surface area contributed by atoms with Gasteiger partial charge < -0.3 is 20.2 Å². The summed E-state index contributed by atoms with van der Waals surface area (Å²) >= 11 is 0. The zero-order valence-electron chi connectivity index (χ0n) is 16.8. The number of pyridine rings is 1. The number of rotatable bonds is 4. The van der Waals surface area contributed by atoms with Crippen LogP contribution < -0.4 is 11.3 Å². The predicted octanol–water partition coefficient (Wildman–Crippen LogP) is 1.19. The quantitative estimate of drug-likeness (QED) is 0.437. The fraction of sp³-hybridized carbons (Fsp3) is 0.200. The second-order valence-corrected chi connectivity index (χ2v) is 5.76. The number of ketones is 1. The van der Waals surface area contributed by atoms with Gasteiger partial charge in [-0.3, -0.25) is 9.59 Å². The maximum atomic E-state index is 11.3. The summed E-state index contributed by atoms with van der Waals surface area (Å²) in [5, 5.41) is 0.462.